The number of rotatable bonds is 8. The monoisotopic (exact) mass is 452 g/mol. The maximum Gasteiger partial charge on any atom is 0.319 e. The summed E-state index contributed by atoms with van der Waals surface area (Å²) in [4.78, 5) is 12.9. The summed E-state index contributed by atoms with van der Waals surface area (Å²) < 4.78 is 34.8. The van der Waals surface area contributed by atoms with Crippen molar-refractivity contribution < 1.29 is 28.1 Å². The summed E-state index contributed by atoms with van der Waals surface area (Å²) in [6.45, 7) is 0.195. The lowest BCUT2D eigenvalue weighted by atomic mass is 9.98. The number of carbonyl (C=O) groups excluding carboxylic acids is 1. The Morgan fingerprint density at radius 3 is 2.42 bits per heavy atom. The third kappa shape index (κ3) is 5.65. The molecular formula is C25H25FN2O5. The fraction of sp³-hybridized carbons (Fsp3) is 0.240. The van der Waals surface area contributed by atoms with Gasteiger partial charge in [-0.2, -0.15) is 0 Å². The number of nitrogens with one attached hydrogen (secondary N) is 2. The first-order valence-corrected chi connectivity index (χ1v) is 10.5. The van der Waals surface area contributed by atoms with Crippen molar-refractivity contribution in [3.05, 3.63) is 77.6 Å². The first-order chi connectivity index (χ1) is 16.0. The van der Waals surface area contributed by atoms with Crippen LogP contribution < -0.4 is 29.6 Å². The van der Waals surface area contributed by atoms with Gasteiger partial charge in [0.15, 0.2) is 11.5 Å². The highest BCUT2D eigenvalue weighted by Crippen LogP contribution is 2.33. The van der Waals surface area contributed by atoms with Crippen LogP contribution in [0.1, 0.15) is 11.1 Å². The zero-order chi connectivity index (χ0) is 23.2. The molecule has 0 saturated heterocycles. The number of anilines is 1. The minimum absolute atomic E-state index is 0.195. The standard InChI is InChI=1S/C25H25FN2O5/c1-30-20-8-10-22(31-2)21(14-20)28-25(29)27-19(11-16-3-6-18(26)7-4-16)12-17-5-9-23-24(13-17)33-15-32-23/h3-10,13-14,19H,11-12,15H2,1-2H3,(H2,27,28,29)/t19-/m1/s1. The minimum Gasteiger partial charge on any atom is -0.497 e. The Hall–Kier alpha value is -3.94. The second-order valence-electron chi connectivity index (χ2n) is 7.58. The Labute approximate surface area is 191 Å². The number of amides is 2. The number of hydrogen-bond acceptors (Lipinski definition) is 5. The van der Waals surface area contributed by atoms with E-state index in [0.29, 0.717) is 41.5 Å². The number of methoxy groups -OCH3 is 2. The van der Waals surface area contributed by atoms with Gasteiger partial charge in [-0.25, -0.2) is 9.18 Å². The van der Waals surface area contributed by atoms with Crippen molar-refractivity contribution >= 4 is 11.7 Å². The average Bonchev–Trinajstić information content (AvgIpc) is 3.28. The molecule has 1 aliphatic heterocycles. The Morgan fingerprint density at radius 1 is 0.939 bits per heavy atom. The summed E-state index contributed by atoms with van der Waals surface area (Å²) in [6, 6.07) is 16.4. The van der Waals surface area contributed by atoms with Crippen molar-refractivity contribution in [3.8, 4) is 23.0 Å². The number of urea groups is 1. The van der Waals surface area contributed by atoms with Crippen LogP contribution in [0.4, 0.5) is 14.9 Å². The van der Waals surface area contributed by atoms with E-state index in [-0.39, 0.29) is 18.7 Å². The molecule has 0 unspecified atom stereocenters. The summed E-state index contributed by atoms with van der Waals surface area (Å²) in [7, 11) is 3.08. The van der Waals surface area contributed by atoms with E-state index >= 15 is 0 Å². The molecule has 2 N–H and O–H groups in total. The molecule has 0 saturated carbocycles. The quantitative estimate of drug-likeness (QED) is 0.525. The molecule has 0 radical (unpaired) electrons. The van der Waals surface area contributed by atoms with E-state index in [1.807, 2.05) is 18.2 Å². The van der Waals surface area contributed by atoms with E-state index in [2.05, 4.69) is 10.6 Å². The highest BCUT2D eigenvalue weighted by molar-refractivity contribution is 5.91. The van der Waals surface area contributed by atoms with E-state index in [1.165, 1.54) is 19.2 Å². The molecule has 1 heterocycles. The van der Waals surface area contributed by atoms with Crippen molar-refractivity contribution in [1.82, 2.24) is 5.32 Å². The second-order valence-corrected chi connectivity index (χ2v) is 7.58. The highest BCUT2D eigenvalue weighted by atomic mass is 19.1. The maximum atomic E-state index is 13.4. The van der Waals surface area contributed by atoms with Crippen LogP contribution in [0, 0.1) is 5.82 Å². The van der Waals surface area contributed by atoms with Crippen LogP contribution in [0.15, 0.2) is 60.7 Å². The molecule has 1 atom stereocenters. The summed E-state index contributed by atoms with van der Waals surface area (Å²) in [5.41, 5.74) is 2.37. The Balaban J connectivity index is 1.51. The molecule has 33 heavy (non-hydrogen) atoms. The van der Waals surface area contributed by atoms with E-state index in [0.717, 1.165) is 11.1 Å². The SMILES string of the molecule is COc1ccc(OC)c(NC(=O)N[C@H](Cc2ccc(F)cc2)Cc2ccc3c(c2)OCO3)c1. The van der Waals surface area contributed by atoms with Crippen molar-refractivity contribution in [3.63, 3.8) is 0 Å². The summed E-state index contributed by atoms with van der Waals surface area (Å²) in [5, 5.41) is 5.85. The number of fused-ring (bicyclic) bond motifs is 1. The predicted molar refractivity (Wildman–Crippen MR) is 122 cm³/mol. The summed E-state index contributed by atoms with van der Waals surface area (Å²) >= 11 is 0. The molecule has 1 aliphatic rings. The molecular weight excluding hydrogens is 427 g/mol. The van der Waals surface area contributed by atoms with Crippen LogP contribution in [0.25, 0.3) is 0 Å². The number of hydrogen-bond donors (Lipinski definition) is 2. The Kier molecular flexibility index (Phi) is 6.83. The molecule has 7 nitrogen and oxygen atoms in total. The van der Waals surface area contributed by atoms with E-state index < -0.39 is 6.03 Å². The number of ether oxygens (including phenoxy) is 4. The molecule has 3 aromatic carbocycles. The zero-order valence-electron chi connectivity index (χ0n) is 18.4. The van der Waals surface area contributed by atoms with E-state index in [4.69, 9.17) is 18.9 Å². The minimum atomic E-state index is -0.394. The van der Waals surface area contributed by atoms with Crippen molar-refractivity contribution in [2.75, 3.05) is 26.3 Å². The van der Waals surface area contributed by atoms with E-state index in [1.54, 1.807) is 37.4 Å². The van der Waals surface area contributed by atoms with Gasteiger partial charge in [-0.1, -0.05) is 18.2 Å². The molecule has 172 valence electrons. The van der Waals surface area contributed by atoms with Gasteiger partial charge in [-0.15, -0.1) is 0 Å². The van der Waals surface area contributed by atoms with Crippen molar-refractivity contribution in [2.45, 2.75) is 18.9 Å². The molecule has 0 bridgehead atoms. The van der Waals surface area contributed by atoms with Gasteiger partial charge in [0.05, 0.1) is 19.9 Å². The Morgan fingerprint density at radius 2 is 1.67 bits per heavy atom. The second kappa shape index (κ2) is 10.1. The summed E-state index contributed by atoms with van der Waals surface area (Å²) in [5.74, 6) is 2.18. The van der Waals surface area contributed by atoms with Gasteiger partial charge in [0.25, 0.3) is 0 Å². The van der Waals surface area contributed by atoms with Crippen LogP contribution >= 0.6 is 0 Å². The summed E-state index contributed by atoms with van der Waals surface area (Å²) in [6.07, 6.45) is 1.05. The van der Waals surface area contributed by atoms with Gasteiger partial charge in [0.2, 0.25) is 6.79 Å². The van der Waals surface area contributed by atoms with Crippen molar-refractivity contribution in [2.24, 2.45) is 0 Å². The predicted octanol–water partition coefficient (Wildman–Crippen LogP) is 4.55. The highest BCUT2D eigenvalue weighted by Gasteiger charge is 2.19. The first-order valence-electron chi connectivity index (χ1n) is 10.5. The molecule has 2 amide bonds. The molecule has 3 aromatic rings. The number of benzene rings is 3. The zero-order valence-corrected chi connectivity index (χ0v) is 18.4. The molecule has 0 aliphatic carbocycles. The third-order valence-corrected chi connectivity index (χ3v) is 5.30. The van der Waals surface area contributed by atoms with Gasteiger partial charge in [0, 0.05) is 12.1 Å². The average molecular weight is 452 g/mol. The lowest BCUT2D eigenvalue weighted by molar-refractivity contribution is 0.174. The molecule has 0 aromatic heterocycles. The Bertz CT molecular complexity index is 1120. The molecule has 8 heteroatoms. The fourth-order valence-electron chi connectivity index (χ4n) is 3.69. The van der Waals surface area contributed by atoms with Gasteiger partial charge in [-0.3, -0.25) is 0 Å². The first kappa shape index (κ1) is 22.3. The van der Waals surface area contributed by atoms with Gasteiger partial charge in [-0.05, 0) is 60.4 Å². The number of carbonyl (C=O) groups is 1. The lowest BCUT2D eigenvalue weighted by Gasteiger charge is -2.20. The van der Waals surface area contributed by atoms with Crippen molar-refractivity contribution in [1.29, 1.82) is 0 Å². The smallest absolute Gasteiger partial charge is 0.319 e. The van der Waals surface area contributed by atoms with Crippen LogP contribution in [-0.4, -0.2) is 33.1 Å². The largest absolute Gasteiger partial charge is 0.497 e. The lowest BCUT2D eigenvalue weighted by Crippen LogP contribution is -2.40. The normalized spacial score (nSPS) is 12.7. The van der Waals surface area contributed by atoms with Gasteiger partial charge >= 0.3 is 6.03 Å². The van der Waals surface area contributed by atoms with Crippen LogP contribution in [0.5, 0.6) is 23.0 Å². The molecule has 0 spiro atoms. The third-order valence-electron chi connectivity index (χ3n) is 5.30. The topological polar surface area (TPSA) is 78.1 Å². The maximum absolute atomic E-state index is 13.4. The van der Waals surface area contributed by atoms with E-state index in [9.17, 15) is 9.18 Å². The van der Waals surface area contributed by atoms with Gasteiger partial charge < -0.3 is 29.6 Å². The van der Waals surface area contributed by atoms with Crippen LogP contribution in [0.3, 0.4) is 0 Å². The van der Waals surface area contributed by atoms with Gasteiger partial charge in [0.1, 0.15) is 17.3 Å². The molecule has 0 fully saturated rings. The van der Waals surface area contributed by atoms with Crippen LogP contribution in [0.2, 0.25) is 0 Å². The molecule has 4 rings (SSSR count). The fourth-order valence-corrected chi connectivity index (χ4v) is 3.69. The number of halogens is 1. The van der Waals surface area contributed by atoms with Crippen LogP contribution in [-0.2, 0) is 12.8 Å².